The summed E-state index contributed by atoms with van der Waals surface area (Å²) in [5.41, 5.74) is 0.254. The van der Waals surface area contributed by atoms with E-state index in [1.54, 1.807) is 0 Å². The van der Waals surface area contributed by atoms with Gasteiger partial charge in [-0.2, -0.15) is 0 Å². The van der Waals surface area contributed by atoms with E-state index in [-0.39, 0.29) is 5.54 Å². The summed E-state index contributed by atoms with van der Waals surface area (Å²) in [6.07, 6.45) is 3.90. The summed E-state index contributed by atoms with van der Waals surface area (Å²) in [4.78, 5) is 0. The van der Waals surface area contributed by atoms with Crippen LogP contribution >= 0.6 is 11.9 Å². The molecule has 0 unspecified atom stereocenters. The molecule has 0 N–H and O–H groups in total. The average molecular weight is 233 g/mol. The highest BCUT2D eigenvalue weighted by Gasteiger charge is 2.21. The van der Waals surface area contributed by atoms with Crippen LogP contribution in [0.4, 0.5) is 0 Å². The zero-order valence-electron chi connectivity index (χ0n) is 11.1. The molecule has 0 saturated heterocycles. The van der Waals surface area contributed by atoms with E-state index in [1.165, 1.54) is 0 Å². The van der Waals surface area contributed by atoms with E-state index >= 15 is 0 Å². The van der Waals surface area contributed by atoms with Crippen molar-refractivity contribution in [2.24, 2.45) is 0 Å². The molecular weight excluding hydrogens is 211 g/mol. The van der Waals surface area contributed by atoms with Crippen LogP contribution < -0.4 is 0 Å². The standard InChI is InChI=1S/C11H22B3NS/c1-5-10(2,3)15(4)16-9-7-6-8-11(12,13)14/h5-9H2,1-4H3. The third-order valence-electron chi connectivity index (χ3n) is 3.01. The minimum atomic E-state index is -1.00. The molecule has 0 aliphatic carbocycles. The molecule has 16 heavy (non-hydrogen) atoms. The summed E-state index contributed by atoms with van der Waals surface area (Å²) in [7, 11) is 18.7. The lowest BCUT2D eigenvalue weighted by Gasteiger charge is -2.33. The van der Waals surface area contributed by atoms with Crippen molar-refractivity contribution in [3.8, 4) is 0 Å². The first kappa shape index (κ1) is 16.5. The maximum atomic E-state index is 5.51. The molecule has 0 saturated carbocycles. The highest BCUT2D eigenvalue weighted by atomic mass is 32.2. The number of unbranched alkanes of at least 4 members (excludes halogenated alkanes) is 1. The molecule has 1 nitrogen and oxygen atoms in total. The largest absolute Gasteiger partial charge is 0.248 e. The first-order chi connectivity index (χ1) is 7.19. The van der Waals surface area contributed by atoms with E-state index in [4.69, 9.17) is 23.5 Å². The van der Waals surface area contributed by atoms with Gasteiger partial charge < -0.3 is 0 Å². The van der Waals surface area contributed by atoms with Crippen molar-refractivity contribution in [1.29, 1.82) is 0 Å². The fourth-order valence-electron chi connectivity index (χ4n) is 1.13. The molecule has 0 aromatic carbocycles. The van der Waals surface area contributed by atoms with Crippen molar-refractivity contribution in [2.45, 2.75) is 57.1 Å². The lowest BCUT2D eigenvalue weighted by atomic mass is 9.41. The Morgan fingerprint density at radius 2 is 1.69 bits per heavy atom. The van der Waals surface area contributed by atoms with Gasteiger partial charge in [0, 0.05) is 11.3 Å². The van der Waals surface area contributed by atoms with Crippen LogP contribution in [0.3, 0.4) is 0 Å². The van der Waals surface area contributed by atoms with Gasteiger partial charge in [-0.15, -0.1) is 5.11 Å². The second-order valence-corrected chi connectivity index (χ2v) is 6.28. The topological polar surface area (TPSA) is 3.24 Å². The molecular formula is C11H22B3NS. The molecule has 0 bridgehead atoms. The summed E-state index contributed by atoms with van der Waals surface area (Å²) < 4.78 is 2.33. The van der Waals surface area contributed by atoms with Gasteiger partial charge in [0.25, 0.3) is 0 Å². The molecule has 86 valence electrons. The third kappa shape index (κ3) is 7.73. The van der Waals surface area contributed by atoms with Gasteiger partial charge >= 0.3 is 0 Å². The minimum Gasteiger partial charge on any atom is -0.248 e. The molecule has 0 amide bonds. The van der Waals surface area contributed by atoms with Gasteiger partial charge in [-0.25, -0.2) is 4.31 Å². The molecule has 0 aromatic rings. The van der Waals surface area contributed by atoms with Gasteiger partial charge in [0.2, 0.25) is 0 Å². The monoisotopic (exact) mass is 233 g/mol. The van der Waals surface area contributed by atoms with Crippen LogP contribution in [0.25, 0.3) is 0 Å². The average Bonchev–Trinajstić information content (AvgIpc) is 2.15. The number of nitrogens with zero attached hydrogens (tertiary/aromatic N) is 1. The van der Waals surface area contributed by atoms with Crippen molar-refractivity contribution < 1.29 is 0 Å². The van der Waals surface area contributed by atoms with E-state index in [2.05, 4.69) is 32.1 Å². The second kappa shape index (κ2) is 7.05. The first-order valence-corrected chi connectivity index (χ1v) is 6.86. The van der Waals surface area contributed by atoms with Crippen LogP contribution in [0.1, 0.15) is 46.5 Å². The molecule has 0 atom stereocenters. The molecule has 5 heteroatoms. The highest BCUT2D eigenvalue weighted by molar-refractivity contribution is 7.97. The SMILES string of the molecule is [B]C([B])([B])CCCCSN(C)C(C)(C)CC. The Labute approximate surface area is 110 Å². The molecule has 0 rings (SSSR count). The van der Waals surface area contributed by atoms with E-state index in [1.807, 2.05) is 11.9 Å². The summed E-state index contributed by atoms with van der Waals surface area (Å²) >= 11 is 1.87. The summed E-state index contributed by atoms with van der Waals surface area (Å²) in [5.74, 6) is 1.09. The van der Waals surface area contributed by atoms with Crippen LogP contribution in [0.2, 0.25) is 5.11 Å². The molecule has 6 radical (unpaired) electrons. The molecule has 0 heterocycles. The van der Waals surface area contributed by atoms with Crippen LogP contribution in [-0.4, -0.2) is 46.2 Å². The van der Waals surface area contributed by atoms with Gasteiger partial charge in [0.05, 0.1) is 23.5 Å². The van der Waals surface area contributed by atoms with E-state index in [0.717, 1.165) is 25.0 Å². The lowest BCUT2D eigenvalue weighted by Crippen LogP contribution is -2.35. The van der Waals surface area contributed by atoms with Crippen molar-refractivity contribution in [3.05, 3.63) is 0 Å². The minimum absolute atomic E-state index is 0.254. The van der Waals surface area contributed by atoms with E-state index in [9.17, 15) is 0 Å². The van der Waals surface area contributed by atoms with E-state index < -0.39 is 5.11 Å². The van der Waals surface area contributed by atoms with Crippen LogP contribution in [0, 0.1) is 0 Å². The van der Waals surface area contributed by atoms with Crippen molar-refractivity contribution in [1.82, 2.24) is 4.31 Å². The van der Waals surface area contributed by atoms with E-state index in [0.29, 0.717) is 6.42 Å². The Balaban J connectivity index is 3.60. The maximum Gasteiger partial charge on any atom is 0.0507 e. The normalized spacial score (nSPS) is 13.3. The Morgan fingerprint density at radius 1 is 1.12 bits per heavy atom. The van der Waals surface area contributed by atoms with Gasteiger partial charge in [0.1, 0.15) is 0 Å². The van der Waals surface area contributed by atoms with Crippen LogP contribution in [-0.2, 0) is 0 Å². The molecule has 0 fully saturated rings. The molecule has 0 aliphatic heterocycles. The fraction of sp³-hybridized carbons (Fsp3) is 1.00. The third-order valence-corrected chi connectivity index (χ3v) is 4.36. The van der Waals surface area contributed by atoms with Gasteiger partial charge in [-0.05, 0) is 33.7 Å². The van der Waals surface area contributed by atoms with Gasteiger partial charge in [-0.1, -0.05) is 31.7 Å². The highest BCUT2D eigenvalue weighted by Crippen LogP contribution is 2.26. The quantitative estimate of drug-likeness (QED) is 0.360. The lowest BCUT2D eigenvalue weighted by molar-refractivity contribution is 0.279. The number of rotatable bonds is 8. The summed E-state index contributed by atoms with van der Waals surface area (Å²) in [6, 6.07) is 0. The van der Waals surface area contributed by atoms with Crippen molar-refractivity contribution in [2.75, 3.05) is 12.8 Å². The molecule has 0 spiro atoms. The van der Waals surface area contributed by atoms with Gasteiger partial charge in [-0.3, -0.25) is 0 Å². The maximum absolute atomic E-state index is 5.51. The fourth-order valence-corrected chi connectivity index (χ4v) is 2.22. The van der Waals surface area contributed by atoms with Crippen molar-refractivity contribution in [3.63, 3.8) is 0 Å². The number of hydrogen-bond donors (Lipinski definition) is 0. The summed E-state index contributed by atoms with van der Waals surface area (Å²) in [6.45, 7) is 6.72. The number of hydrogen-bond acceptors (Lipinski definition) is 2. The Bertz CT molecular complexity index is 192. The smallest absolute Gasteiger partial charge is 0.0507 e. The Morgan fingerprint density at radius 3 is 2.12 bits per heavy atom. The first-order valence-electron chi connectivity index (χ1n) is 5.92. The van der Waals surface area contributed by atoms with Crippen LogP contribution in [0.5, 0.6) is 0 Å². The van der Waals surface area contributed by atoms with Crippen LogP contribution in [0.15, 0.2) is 0 Å². The predicted octanol–water partition coefficient (Wildman–Crippen LogP) is 2.50. The van der Waals surface area contributed by atoms with Gasteiger partial charge in [0.15, 0.2) is 0 Å². The second-order valence-electron chi connectivity index (χ2n) is 5.07. The Kier molecular flexibility index (Phi) is 7.28. The molecule has 0 aromatic heterocycles. The summed E-state index contributed by atoms with van der Waals surface area (Å²) in [5, 5.41) is -1.00. The Hall–Kier alpha value is 0.505. The predicted molar refractivity (Wildman–Crippen MR) is 78.4 cm³/mol. The molecule has 0 aliphatic rings. The zero-order valence-corrected chi connectivity index (χ0v) is 11.9. The van der Waals surface area contributed by atoms with Crippen molar-refractivity contribution >= 4 is 35.5 Å². The zero-order chi connectivity index (χ0) is 12.8.